The summed E-state index contributed by atoms with van der Waals surface area (Å²) < 4.78 is 7.21. The molecule has 0 aliphatic heterocycles. The molecular weight excluding hydrogens is 210 g/mol. The lowest BCUT2D eigenvalue weighted by Crippen LogP contribution is -1.99. The molecule has 15 heavy (non-hydrogen) atoms. The first-order valence-corrected chi connectivity index (χ1v) is 5.43. The first-order chi connectivity index (χ1) is 7.33. The smallest absolute Gasteiger partial charge is 0.0661 e. The molecule has 0 atom stereocenters. The average Bonchev–Trinajstić information content (AvgIpc) is 2.58. The third-order valence-electron chi connectivity index (χ3n) is 2.49. The second-order valence-corrected chi connectivity index (χ2v) is 3.94. The molecule has 0 aliphatic carbocycles. The van der Waals surface area contributed by atoms with Gasteiger partial charge in [0.25, 0.3) is 0 Å². The first-order valence-electron chi connectivity index (χ1n) is 5.05. The number of rotatable bonds is 4. The number of nitrogens with zero attached hydrogens (tertiary/aromatic N) is 1. The van der Waals surface area contributed by atoms with Crippen molar-refractivity contribution in [3.63, 3.8) is 0 Å². The molecule has 3 heteroatoms. The summed E-state index contributed by atoms with van der Waals surface area (Å²) in [4.78, 5) is 0. The van der Waals surface area contributed by atoms with Crippen molar-refractivity contribution in [1.29, 1.82) is 0 Å². The second-order valence-electron chi connectivity index (χ2n) is 3.53. The fourth-order valence-corrected chi connectivity index (χ4v) is 2.04. The summed E-state index contributed by atoms with van der Waals surface area (Å²) in [6.07, 6.45) is 2.99. The zero-order chi connectivity index (χ0) is 10.7. The van der Waals surface area contributed by atoms with E-state index in [1.165, 1.54) is 5.52 Å². The third-order valence-corrected chi connectivity index (χ3v) is 2.79. The molecule has 0 radical (unpaired) electrons. The summed E-state index contributed by atoms with van der Waals surface area (Å²) in [6, 6.07) is 8.18. The van der Waals surface area contributed by atoms with Gasteiger partial charge in [0.05, 0.1) is 5.02 Å². The lowest BCUT2D eigenvalue weighted by Gasteiger charge is -2.03. The van der Waals surface area contributed by atoms with E-state index in [4.69, 9.17) is 16.3 Å². The lowest BCUT2D eigenvalue weighted by atomic mass is 10.2. The number of hydrogen-bond acceptors (Lipinski definition) is 1. The van der Waals surface area contributed by atoms with Crippen molar-refractivity contribution < 1.29 is 4.74 Å². The van der Waals surface area contributed by atoms with E-state index < -0.39 is 0 Å². The predicted octanol–water partition coefficient (Wildman–Crippen LogP) is 3.33. The van der Waals surface area contributed by atoms with Gasteiger partial charge < -0.3 is 9.30 Å². The summed E-state index contributed by atoms with van der Waals surface area (Å²) in [5, 5.41) is 1.94. The second kappa shape index (κ2) is 4.69. The minimum atomic E-state index is 0.782. The number of halogens is 1. The highest BCUT2D eigenvalue weighted by Crippen LogP contribution is 2.25. The summed E-state index contributed by atoms with van der Waals surface area (Å²) >= 11 is 6.14. The summed E-state index contributed by atoms with van der Waals surface area (Å²) in [5.41, 5.74) is 1.19. The maximum atomic E-state index is 6.14. The zero-order valence-electron chi connectivity index (χ0n) is 8.74. The van der Waals surface area contributed by atoms with Gasteiger partial charge in [0.2, 0.25) is 0 Å². The normalized spacial score (nSPS) is 11.1. The van der Waals surface area contributed by atoms with Crippen molar-refractivity contribution in [1.82, 2.24) is 4.57 Å². The third kappa shape index (κ3) is 2.16. The number of aryl methyl sites for hydroxylation is 1. The molecule has 1 heterocycles. The van der Waals surface area contributed by atoms with Crippen molar-refractivity contribution in [2.45, 2.75) is 13.0 Å². The van der Waals surface area contributed by atoms with Crippen LogP contribution in [0.3, 0.4) is 0 Å². The van der Waals surface area contributed by atoms with Gasteiger partial charge in [-0.2, -0.15) is 0 Å². The molecule has 0 fully saturated rings. The van der Waals surface area contributed by atoms with Crippen LogP contribution in [0, 0.1) is 0 Å². The van der Waals surface area contributed by atoms with Crippen LogP contribution in [0.25, 0.3) is 10.9 Å². The Morgan fingerprint density at radius 2 is 2.13 bits per heavy atom. The monoisotopic (exact) mass is 223 g/mol. The Labute approximate surface area is 94.4 Å². The molecule has 1 aromatic carbocycles. The number of aromatic nitrogens is 1. The predicted molar refractivity (Wildman–Crippen MR) is 63.4 cm³/mol. The Morgan fingerprint density at radius 1 is 1.33 bits per heavy atom. The Morgan fingerprint density at radius 3 is 2.93 bits per heavy atom. The van der Waals surface area contributed by atoms with Gasteiger partial charge in [0.1, 0.15) is 0 Å². The maximum absolute atomic E-state index is 6.14. The molecule has 2 aromatic rings. The number of benzene rings is 1. The molecule has 0 saturated heterocycles. The van der Waals surface area contributed by atoms with Gasteiger partial charge >= 0.3 is 0 Å². The van der Waals surface area contributed by atoms with Crippen molar-refractivity contribution in [3.8, 4) is 0 Å². The Bertz CT molecular complexity index is 450. The molecule has 0 saturated carbocycles. The summed E-state index contributed by atoms with van der Waals surface area (Å²) in [7, 11) is 1.72. The van der Waals surface area contributed by atoms with E-state index in [-0.39, 0.29) is 0 Å². The van der Waals surface area contributed by atoms with Crippen LogP contribution < -0.4 is 0 Å². The molecule has 0 N–H and O–H groups in total. The van der Waals surface area contributed by atoms with Crippen LogP contribution in [0.4, 0.5) is 0 Å². The van der Waals surface area contributed by atoms with Crippen LogP contribution in [0.1, 0.15) is 6.42 Å². The Balaban J connectivity index is 2.27. The highest BCUT2D eigenvalue weighted by Gasteiger charge is 2.04. The van der Waals surface area contributed by atoms with E-state index in [1.807, 2.05) is 24.4 Å². The van der Waals surface area contributed by atoms with Gasteiger partial charge in [0, 0.05) is 37.4 Å². The number of ether oxygens (including phenoxy) is 1. The van der Waals surface area contributed by atoms with E-state index in [1.54, 1.807) is 7.11 Å². The van der Waals surface area contributed by atoms with E-state index in [0.717, 1.165) is 30.0 Å². The van der Waals surface area contributed by atoms with Crippen molar-refractivity contribution in [2.24, 2.45) is 0 Å². The first kappa shape index (κ1) is 10.5. The van der Waals surface area contributed by atoms with E-state index in [2.05, 4.69) is 10.6 Å². The molecule has 1 aromatic heterocycles. The maximum Gasteiger partial charge on any atom is 0.0661 e. The van der Waals surface area contributed by atoms with Crippen molar-refractivity contribution >= 4 is 22.5 Å². The standard InChI is InChI=1S/C12H14ClNO/c1-15-8-4-7-14-9-11(13)10-5-2-3-6-12(10)14/h2-3,5-6,9H,4,7-8H2,1H3. The minimum Gasteiger partial charge on any atom is -0.385 e. The van der Waals surface area contributed by atoms with E-state index in [9.17, 15) is 0 Å². The van der Waals surface area contributed by atoms with Gasteiger partial charge in [-0.3, -0.25) is 0 Å². The van der Waals surface area contributed by atoms with Gasteiger partial charge in [-0.25, -0.2) is 0 Å². The van der Waals surface area contributed by atoms with Crippen LogP contribution in [-0.4, -0.2) is 18.3 Å². The van der Waals surface area contributed by atoms with Crippen LogP contribution in [0.15, 0.2) is 30.5 Å². The summed E-state index contributed by atoms with van der Waals surface area (Å²) in [5.74, 6) is 0. The molecule has 0 aliphatic rings. The zero-order valence-corrected chi connectivity index (χ0v) is 9.50. The fraction of sp³-hybridized carbons (Fsp3) is 0.333. The van der Waals surface area contributed by atoms with E-state index >= 15 is 0 Å². The van der Waals surface area contributed by atoms with Crippen molar-refractivity contribution in [2.75, 3.05) is 13.7 Å². The number of para-hydroxylation sites is 1. The topological polar surface area (TPSA) is 14.2 Å². The molecule has 2 nitrogen and oxygen atoms in total. The highest BCUT2D eigenvalue weighted by atomic mass is 35.5. The average molecular weight is 224 g/mol. The minimum absolute atomic E-state index is 0.782. The number of fused-ring (bicyclic) bond motifs is 1. The van der Waals surface area contributed by atoms with Gasteiger partial charge in [-0.1, -0.05) is 29.8 Å². The van der Waals surface area contributed by atoms with Gasteiger partial charge in [-0.05, 0) is 12.5 Å². The van der Waals surface area contributed by atoms with Gasteiger partial charge in [-0.15, -0.1) is 0 Å². The quantitative estimate of drug-likeness (QED) is 0.726. The molecular formula is C12H14ClNO. The Hall–Kier alpha value is -0.990. The summed E-state index contributed by atoms with van der Waals surface area (Å²) in [6.45, 7) is 1.73. The van der Waals surface area contributed by atoms with Gasteiger partial charge in [0.15, 0.2) is 0 Å². The van der Waals surface area contributed by atoms with Crippen LogP contribution in [0.5, 0.6) is 0 Å². The number of hydrogen-bond donors (Lipinski definition) is 0. The van der Waals surface area contributed by atoms with E-state index in [0.29, 0.717) is 0 Å². The van der Waals surface area contributed by atoms with Crippen LogP contribution in [0.2, 0.25) is 5.02 Å². The van der Waals surface area contributed by atoms with Crippen LogP contribution >= 0.6 is 11.6 Å². The molecule has 2 rings (SSSR count). The molecule has 0 amide bonds. The highest BCUT2D eigenvalue weighted by molar-refractivity contribution is 6.35. The largest absolute Gasteiger partial charge is 0.385 e. The number of methoxy groups -OCH3 is 1. The molecule has 0 spiro atoms. The SMILES string of the molecule is COCCCn1cc(Cl)c2ccccc21. The van der Waals surface area contributed by atoms with Crippen LogP contribution in [-0.2, 0) is 11.3 Å². The lowest BCUT2D eigenvalue weighted by molar-refractivity contribution is 0.190. The molecule has 0 unspecified atom stereocenters. The van der Waals surface area contributed by atoms with Crippen molar-refractivity contribution in [3.05, 3.63) is 35.5 Å². The fourth-order valence-electron chi connectivity index (χ4n) is 1.77. The molecule has 80 valence electrons. The molecule has 0 bridgehead atoms. The Kier molecular flexibility index (Phi) is 3.29.